The smallest absolute Gasteiger partial charge is 0.159 e. The number of hydrogen-bond donors (Lipinski definition) is 1. The van der Waals surface area contributed by atoms with Gasteiger partial charge in [-0.1, -0.05) is 23.2 Å². The lowest BCUT2D eigenvalue weighted by molar-refractivity contribution is 0.396. The molecule has 5 rings (SSSR count). The summed E-state index contributed by atoms with van der Waals surface area (Å²) in [5.74, 6) is 1.51. The summed E-state index contributed by atoms with van der Waals surface area (Å²) in [6.45, 7) is 2.12. The molecule has 1 aromatic heterocycles. The number of hydrogen-bond acceptors (Lipinski definition) is 4. The van der Waals surface area contributed by atoms with Crippen LogP contribution in [0.1, 0.15) is 24.5 Å². The molecule has 1 saturated heterocycles. The van der Waals surface area contributed by atoms with E-state index in [4.69, 9.17) is 32.7 Å². The lowest BCUT2D eigenvalue weighted by atomic mass is 9.86. The molecule has 1 aromatic carbocycles. The second-order valence-electron chi connectivity index (χ2n) is 5.88. The van der Waals surface area contributed by atoms with Crippen molar-refractivity contribution in [3.63, 3.8) is 0 Å². The van der Waals surface area contributed by atoms with Crippen molar-refractivity contribution in [1.29, 1.82) is 0 Å². The average Bonchev–Trinajstić information content (AvgIpc) is 3.03. The summed E-state index contributed by atoms with van der Waals surface area (Å²) < 4.78 is 10.8. The molecule has 0 amide bonds. The summed E-state index contributed by atoms with van der Waals surface area (Å²) in [6.07, 6.45) is 2.35. The van der Waals surface area contributed by atoms with Crippen molar-refractivity contribution in [2.75, 3.05) is 32.2 Å². The highest BCUT2D eigenvalue weighted by Crippen LogP contribution is 2.51. The Labute approximate surface area is 144 Å². The van der Waals surface area contributed by atoms with Crippen molar-refractivity contribution in [2.24, 2.45) is 0 Å². The first kappa shape index (κ1) is 15.0. The highest BCUT2D eigenvalue weighted by atomic mass is 35.5. The highest BCUT2D eigenvalue weighted by molar-refractivity contribution is 6.38. The number of methoxy groups -OCH3 is 2. The molecule has 0 atom stereocenters. The van der Waals surface area contributed by atoms with Gasteiger partial charge in [0, 0.05) is 24.6 Å². The van der Waals surface area contributed by atoms with E-state index >= 15 is 0 Å². The van der Waals surface area contributed by atoms with E-state index in [1.807, 2.05) is 6.07 Å². The Kier molecular flexibility index (Phi) is 3.58. The van der Waals surface area contributed by atoms with Gasteiger partial charge in [0.05, 0.1) is 30.6 Å². The van der Waals surface area contributed by atoms with Crippen LogP contribution in [0.25, 0.3) is 11.3 Å². The van der Waals surface area contributed by atoms with E-state index in [2.05, 4.69) is 15.1 Å². The first-order chi connectivity index (χ1) is 11.2. The van der Waals surface area contributed by atoms with Crippen molar-refractivity contribution < 1.29 is 9.47 Å². The Hall–Kier alpha value is -1.59. The lowest BCUT2D eigenvalue weighted by Gasteiger charge is -2.40. The normalized spacial score (nSPS) is 16.6. The third kappa shape index (κ3) is 2.10. The molecule has 0 spiro atoms. The van der Waals surface area contributed by atoms with Gasteiger partial charge >= 0.3 is 0 Å². The molecular weight excluding hydrogens is 337 g/mol. The molecule has 0 aliphatic carbocycles. The van der Waals surface area contributed by atoms with Gasteiger partial charge in [0.1, 0.15) is 10.7 Å². The highest BCUT2D eigenvalue weighted by Gasteiger charge is 2.36. The van der Waals surface area contributed by atoms with E-state index in [0.29, 0.717) is 27.5 Å². The molecule has 122 valence electrons. The molecule has 0 unspecified atom stereocenters. The Morgan fingerprint density at radius 1 is 1.17 bits per heavy atom. The number of ether oxygens (including phenoxy) is 2. The summed E-state index contributed by atoms with van der Waals surface area (Å²) in [4.78, 5) is 2.37. The standard InChI is InChI=1S/C16H17Cl2N3O2/c1-22-15-9(7-10(17)16(23-2)11(15)18)13-14-12(19-20-13)8-3-5-21(14)6-4-8/h7-8H,3-6H2,1-2H3,(H,19,20). The number of aromatic amines is 1. The molecule has 3 aliphatic rings. The van der Waals surface area contributed by atoms with Crippen molar-refractivity contribution in [1.82, 2.24) is 10.2 Å². The zero-order valence-corrected chi connectivity index (χ0v) is 14.5. The Morgan fingerprint density at radius 2 is 1.87 bits per heavy atom. The summed E-state index contributed by atoms with van der Waals surface area (Å²) >= 11 is 12.7. The summed E-state index contributed by atoms with van der Waals surface area (Å²) in [5.41, 5.74) is 3.99. The summed E-state index contributed by atoms with van der Waals surface area (Å²) in [6, 6.07) is 1.81. The molecule has 5 nitrogen and oxygen atoms in total. The van der Waals surface area contributed by atoms with E-state index in [0.717, 1.165) is 30.0 Å². The number of aromatic nitrogens is 2. The van der Waals surface area contributed by atoms with Gasteiger partial charge in [-0.3, -0.25) is 5.10 Å². The SMILES string of the molecule is COc1c(Cl)cc(-c2n[nH]c3c2N2CCC3CC2)c(OC)c1Cl. The molecule has 2 aromatic rings. The number of nitrogens with zero attached hydrogens (tertiary/aromatic N) is 2. The first-order valence-electron chi connectivity index (χ1n) is 7.59. The van der Waals surface area contributed by atoms with Crippen molar-refractivity contribution in [3.05, 3.63) is 21.8 Å². The van der Waals surface area contributed by atoms with Gasteiger partial charge in [-0.25, -0.2) is 0 Å². The maximum Gasteiger partial charge on any atom is 0.159 e. The predicted molar refractivity (Wildman–Crippen MR) is 91.3 cm³/mol. The number of piperidine rings is 1. The lowest BCUT2D eigenvalue weighted by Crippen LogP contribution is -2.38. The minimum atomic E-state index is 0.366. The van der Waals surface area contributed by atoms with Gasteiger partial charge in [0.25, 0.3) is 0 Å². The van der Waals surface area contributed by atoms with E-state index in [-0.39, 0.29) is 0 Å². The number of H-pyrrole nitrogens is 1. The fourth-order valence-corrected chi connectivity index (χ4v) is 4.37. The number of anilines is 1. The molecule has 1 fully saturated rings. The Morgan fingerprint density at radius 3 is 2.52 bits per heavy atom. The van der Waals surface area contributed by atoms with E-state index in [1.165, 1.54) is 25.6 Å². The van der Waals surface area contributed by atoms with Crippen LogP contribution in [0.5, 0.6) is 11.5 Å². The van der Waals surface area contributed by atoms with Crippen LogP contribution in [-0.4, -0.2) is 37.5 Å². The molecule has 3 aliphatic heterocycles. The predicted octanol–water partition coefficient (Wildman–Crippen LogP) is 4.10. The third-order valence-corrected chi connectivity index (χ3v) is 5.41. The van der Waals surface area contributed by atoms with Crippen LogP contribution in [0.3, 0.4) is 0 Å². The van der Waals surface area contributed by atoms with Crippen LogP contribution in [0.2, 0.25) is 10.0 Å². The first-order valence-corrected chi connectivity index (χ1v) is 8.34. The topological polar surface area (TPSA) is 50.4 Å². The number of benzene rings is 1. The monoisotopic (exact) mass is 353 g/mol. The molecule has 4 heterocycles. The fraction of sp³-hybridized carbons (Fsp3) is 0.438. The number of nitrogens with one attached hydrogen (secondary N) is 1. The van der Waals surface area contributed by atoms with Gasteiger partial charge in [0.15, 0.2) is 11.5 Å². The minimum absolute atomic E-state index is 0.366. The molecule has 0 radical (unpaired) electrons. The van der Waals surface area contributed by atoms with Crippen molar-refractivity contribution in [2.45, 2.75) is 18.8 Å². The van der Waals surface area contributed by atoms with E-state index in [1.54, 1.807) is 7.11 Å². The second-order valence-corrected chi connectivity index (χ2v) is 6.67. The summed E-state index contributed by atoms with van der Waals surface area (Å²) in [7, 11) is 3.12. The van der Waals surface area contributed by atoms with Crippen LogP contribution in [0.15, 0.2) is 6.07 Å². The van der Waals surface area contributed by atoms with Gasteiger partial charge in [-0.15, -0.1) is 0 Å². The van der Waals surface area contributed by atoms with E-state index in [9.17, 15) is 0 Å². The van der Waals surface area contributed by atoms with Gasteiger partial charge in [0.2, 0.25) is 0 Å². The van der Waals surface area contributed by atoms with Crippen LogP contribution in [-0.2, 0) is 0 Å². The van der Waals surface area contributed by atoms with Gasteiger partial charge in [-0.2, -0.15) is 5.10 Å². The van der Waals surface area contributed by atoms with Crippen LogP contribution < -0.4 is 14.4 Å². The number of rotatable bonds is 3. The quantitative estimate of drug-likeness (QED) is 0.902. The fourth-order valence-electron chi connectivity index (χ4n) is 3.68. The maximum atomic E-state index is 6.41. The number of halogens is 2. The zero-order valence-electron chi connectivity index (χ0n) is 12.9. The Bertz CT molecular complexity index is 767. The van der Waals surface area contributed by atoms with E-state index < -0.39 is 0 Å². The largest absolute Gasteiger partial charge is 0.494 e. The van der Waals surface area contributed by atoms with Crippen LogP contribution in [0.4, 0.5) is 5.69 Å². The molecule has 1 N–H and O–H groups in total. The molecule has 7 heteroatoms. The van der Waals surface area contributed by atoms with Crippen LogP contribution in [0, 0.1) is 0 Å². The minimum Gasteiger partial charge on any atom is -0.494 e. The molecular formula is C16H17Cl2N3O2. The van der Waals surface area contributed by atoms with Gasteiger partial charge in [-0.05, 0) is 18.9 Å². The maximum absolute atomic E-state index is 6.41. The van der Waals surface area contributed by atoms with Crippen LogP contribution >= 0.6 is 23.2 Å². The zero-order chi connectivity index (χ0) is 16.1. The second kappa shape index (κ2) is 5.49. The number of fused-ring (bicyclic) bond motifs is 2. The molecule has 23 heavy (non-hydrogen) atoms. The molecule has 2 bridgehead atoms. The van der Waals surface area contributed by atoms with Crippen molar-refractivity contribution >= 4 is 28.9 Å². The summed E-state index contributed by atoms with van der Waals surface area (Å²) in [5, 5.41) is 8.57. The van der Waals surface area contributed by atoms with Crippen molar-refractivity contribution in [3.8, 4) is 22.8 Å². The third-order valence-electron chi connectivity index (χ3n) is 4.78. The average molecular weight is 354 g/mol. The molecule has 0 saturated carbocycles. The van der Waals surface area contributed by atoms with Gasteiger partial charge < -0.3 is 14.4 Å². The Balaban J connectivity index is 1.93.